The number of ether oxygens (including phenoxy) is 1. The van der Waals surface area contributed by atoms with Crippen LogP contribution in [0.2, 0.25) is 0 Å². The van der Waals surface area contributed by atoms with Crippen LogP contribution in [0.15, 0.2) is 77.7 Å². The van der Waals surface area contributed by atoms with Gasteiger partial charge in [-0.3, -0.25) is 14.3 Å². The predicted octanol–water partition coefficient (Wildman–Crippen LogP) is 2.69. The number of esters is 1. The summed E-state index contributed by atoms with van der Waals surface area (Å²) in [6, 6.07) is 17.9. The van der Waals surface area contributed by atoms with Crippen LogP contribution in [0, 0.1) is 6.92 Å². The molecule has 170 valence electrons. The van der Waals surface area contributed by atoms with E-state index >= 15 is 0 Å². The van der Waals surface area contributed by atoms with Gasteiger partial charge in [-0.15, -0.1) is 0 Å². The number of benzene rings is 3. The smallest absolute Gasteiger partial charge is 0.338 e. The van der Waals surface area contributed by atoms with Gasteiger partial charge in [-0.25, -0.2) is 13.2 Å². The molecule has 0 fully saturated rings. The van der Waals surface area contributed by atoms with Crippen molar-refractivity contribution in [3.63, 3.8) is 0 Å². The molecule has 2 amide bonds. The predicted molar refractivity (Wildman–Crippen MR) is 122 cm³/mol. The first kappa shape index (κ1) is 23.5. The molecule has 0 spiro atoms. The van der Waals surface area contributed by atoms with Gasteiger partial charge in [0.2, 0.25) is 5.91 Å². The number of aryl methyl sites for hydroxylation is 1. The molecule has 3 aromatic rings. The molecule has 0 saturated heterocycles. The Bertz CT molecular complexity index is 1270. The molecule has 3 rings (SSSR count). The van der Waals surface area contributed by atoms with E-state index in [2.05, 4.69) is 10.0 Å². The molecule has 0 aromatic heterocycles. The van der Waals surface area contributed by atoms with Crippen molar-refractivity contribution in [3.8, 4) is 0 Å². The van der Waals surface area contributed by atoms with Crippen molar-refractivity contribution in [2.45, 2.75) is 11.8 Å². The number of hydrogen-bond acceptors (Lipinski definition) is 6. The van der Waals surface area contributed by atoms with E-state index in [1.165, 1.54) is 48.5 Å². The maximum absolute atomic E-state index is 12.5. The van der Waals surface area contributed by atoms with Crippen LogP contribution >= 0.6 is 0 Å². The molecule has 0 unspecified atom stereocenters. The Kier molecular flexibility index (Phi) is 7.09. The van der Waals surface area contributed by atoms with E-state index in [9.17, 15) is 22.8 Å². The van der Waals surface area contributed by atoms with Crippen LogP contribution in [0.5, 0.6) is 0 Å². The van der Waals surface area contributed by atoms with Gasteiger partial charge in [-0.05, 0) is 67.6 Å². The lowest BCUT2D eigenvalue weighted by molar-refractivity contribution is -0.119. The third kappa shape index (κ3) is 6.40. The highest BCUT2D eigenvalue weighted by molar-refractivity contribution is 7.92. The number of primary amides is 1. The van der Waals surface area contributed by atoms with Crippen LogP contribution < -0.4 is 15.8 Å². The third-order valence-electron chi connectivity index (χ3n) is 4.49. The minimum absolute atomic E-state index is 0.0308. The van der Waals surface area contributed by atoms with Crippen LogP contribution in [0.3, 0.4) is 0 Å². The molecule has 0 aliphatic rings. The fraction of sp³-hybridized carbons (Fsp3) is 0.0870. The lowest BCUT2D eigenvalue weighted by Crippen LogP contribution is -2.21. The number of rotatable bonds is 8. The number of nitrogens with two attached hydrogens (primary N) is 1. The minimum Gasteiger partial charge on any atom is -0.452 e. The summed E-state index contributed by atoms with van der Waals surface area (Å²) in [5.41, 5.74) is 7.34. The molecule has 9 nitrogen and oxygen atoms in total. The molecule has 33 heavy (non-hydrogen) atoms. The Morgan fingerprint density at radius 3 is 1.94 bits per heavy atom. The zero-order valence-corrected chi connectivity index (χ0v) is 18.4. The van der Waals surface area contributed by atoms with E-state index in [4.69, 9.17) is 10.5 Å². The van der Waals surface area contributed by atoms with Gasteiger partial charge in [-0.1, -0.05) is 17.7 Å². The van der Waals surface area contributed by atoms with Gasteiger partial charge in [0, 0.05) is 16.9 Å². The molecule has 0 aliphatic carbocycles. The fourth-order valence-electron chi connectivity index (χ4n) is 2.74. The van der Waals surface area contributed by atoms with E-state index < -0.39 is 34.4 Å². The van der Waals surface area contributed by atoms with Crippen molar-refractivity contribution < 1.29 is 27.5 Å². The zero-order valence-electron chi connectivity index (χ0n) is 17.6. The number of carbonyl (C=O) groups excluding carboxylic acids is 3. The highest BCUT2D eigenvalue weighted by Gasteiger charge is 2.16. The first-order chi connectivity index (χ1) is 15.6. The Labute approximate surface area is 190 Å². The van der Waals surface area contributed by atoms with Crippen LogP contribution in [0.4, 0.5) is 11.4 Å². The van der Waals surface area contributed by atoms with Crippen molar-refractivity contribution in [3.05, 3.63) is 89.5 Å². The van der Waals surface area contributed by atoms with E-state index in [0.29, 0.717) is 16.9 Å². The van der Waals surface area contributed by atoms with Gasteiger partial charge in [-0.2, -0.15) is 0 Å². The monoisotopic (exact) mass is 467 g/mol. The summed E-state index contributed by atoms with van der Waals surface area (Å²) < 4.78 is 32.4. The fourth-order valence-corrected chi connectivity index (χ4v) is 3.79. The SMILES string of the molecule is Cc1ccc(NS(=O)(=O)c2ccc(C(=O)OCC(=O)Nc3ccc(C(N)=O)cc3)cc2)cc1. The van der Waals surface area contributed by atoms with Crippen LogP contribution in [0.1, 0.15) is 26.3 Å². The van der Waals surface area contributed by atoms with Crippen LogP contribution in [0.25, 0.3) is 0 Å². The number of nitrogens with one attached hydrogen (secondary N) is 2. The summed E-state index contributed by atoms with van der Waals surface area (Å²) >= 11 is 0. The molecular formula is C23H21N3O6S. The first-order valence-corrected chi connectivity index (χ1v) is 11.2. The molecule has 3 aromatic carbocycles. The highest BCUT2D eigenvalue weighted by Crippen LogP contribution is 2.17. The Balaban J connectivity index is 1.55. The number of carbonyl (C=O) groups is 3. The van der Waals surface area contributed by atoms with Gasteiger partial charge < -0.3 is 15.8 Å². The lowest BCUT2D eigenvalue weighted by atomic mass is 10.2. The van der Waals surface area contributed by atoms with Gasteiger partial charge in [0.15, 0.2) is 6.61 Å². The third-order valence-corrected chi connectivity index (χ3v) is 5.89. The Morgan fingerprint density at radius 2 is 1.36 bits per heavy atom. The molecule has 0 bridgehead atoms. The second kappa shape index (κ2) is 9.96. The van der Waals surface area contributed by atoms with Crippen molar-refractivity contribution in [1.82, 2.24) is 0 Å². The van der Waals surface area contributed by atoms with E-state index in [1.807, 2.05) is 6.92 Å². The number of hydrogen-bond donors (Lipinski definition) is 3. The van der Waals surface area contributed by atoms with E-state index in [1.54, 1.807) is 24.3 Å². The largest absolute Gasteiger partial charge is 0.452 e. The summed E-state index contributed by atoms with van der Waals surface area (Å²) in [6.07, 6.45) is 0. The molecule has 10 heteroatoms. The quantitative estimate of drug-likeness (QED) is 0.434. The topological polar surface area (TPSA) is 145 Å². The average molecular weight is 468 g/mol. The van der Waals surface area contributed by atoms with E-state index in [0.717, 1.165) is 5.56 Å². The highest BCUT2D eigenvalue weighted by atomic mass is 32.2. The molecular weight excluding hydrogens is 446 g/mol. The van der Waals surface area contributed by atoms with Crippen LogP contribution in [-0.4, -0.2) is 32.8 Å². The van der Waals surface area contributed by atoms with Crippen molar-refractivity contribution in [2.75, 3.05) is 16.6 Å². The average Bonchev–Trinajstić information content (AvgIpc) is 2.79. The molecule has 0 saturated carbocycles. The van der Waals surface area contributed by atoms with Gasteiger partial charge >= 0.3 is 5.97 Å². The van der Waals surface area contributed by atoms with Gasteiger partial charge in [0.05, 0.1) is 10.5 Å². The lowest BCUT2D eigenvalue weighted by Gasteiger charge is -2.09. The second-order valence-corrected chi connectivity index (χ2v) is 8.74. The summed E-state index contributed by atoms with van der Waals surface area (Å²) in [6.45, 7) is 1.34. The zero-order chi connectivity index (χ0) is 24.0. The van der Waals surface area contributed by atoms with Gasteiger partial charge in [0.25, 0.3) is 15.9 Å². The molecule has 0 heterocycles. The summed E-state index contributed by atoms with van der Waals surface area (Å²) in [4.78, 5) is 35.2. The maximum Gasteiger partial charge on any atom is 0.338 e. The second-order valence-electron chi connectivity index (χ2n) is 7.06. The number of amides is 2. The maximum atomic E-state index is 12.5. The normalized spacial score (nSPS) is 10.8. The number of sulfonamides is 1. The van der Waals surface area contributed by atoms with Crippen molar-refractivity contribution in [2.24, 2.45) is 5.73 Å². The molecule has 0 aliphatic heterocycles. The standard InChI is InChI=1S/C23H21N3O6S/c1-15-2-8-19(9-3-15)26-33(30,31)20-12-6-17(7-13-20)23(29)32-14-21(27)25-18-10-4-16(5-11-18)22(24)28/h2-13,26H,14H2,1H3,(H2,24,28)(H,25,27). The van der Waals surface area contributed by atoms with Crippen molar-refractivity contribution >= 4 is 39.2 Å². The molecule has 0 radical (unpaired) electrons. The summed E-state index contributed by atoms with van der Waals surface area (Å²) in [7, 11) is -3.83. The van der Waals surface area contributed by atoms with Crippen molar-refractivity contribution in [1.29, 1.82) is 0 Å². The summed E-state index contributed by atoms with van der Waals surface area (Å²) in [5, 5.41) is 2.51. The molecule has 0 atom stereocenters. The van der Waals surface area contributed by atoms with Gasteiger partial charge in [0.1, 0.15) is 0 Å². The summed E-state index contributed by atoms with van der Waals surface area (Å²) in [5.74, 6) is -1.96. The van der Waals surface area contributed by atoms with E-state index in [-0.39, 0.29) is 10.5 Å². The molecule has 4 N–H and O–H groups in total. The number of anilines is 2. The minimum atomic E-state index is -3.83. The van der Waals surface area contributed by atoms with Crippen LogP contribution in [-0.2, 0) is 19.6 Å². The Morgan fingerprint density at radius 1 is 0.818 bits per heavy atom. The Hall–Kier alpha value is -4.18. The first-order valence-electron chi connectivity index (χ1n) is 9.70.